The standard InChI is InChI=1S/C14H15F3N4/c1-13(9-18,10-5-3-2-4-6-10)19-12-8-7-11(20-21-12)14(15,16)17/h2-8H,9,18H2,1H3,(H,19,21). The molecule has 0 bridgehead atoms. The number of anilines is 1. The van der Waals surface area contributed by atoms with Crippen LogP contribution in [0.25, 0.3) is 0 Å². The minimum Gasteiger partial charge on any atom is -0.358 e. The van der Waals surface area contributed by atoms with Crippen molar-refractivity contribution in [3.63, 3.8) is 0 Å². The fourth-order valence-corrected chi connectivity index (χ4v) is 1.88. The molecule has 4 nitrogen and oxygen atoms in total. The van der Waals surface area contributed by atoms with E-state index in [0.717, 1.165) is 11.6 Å². The Morgan fingerprint density at radius 3 is 2.19 bits per heavy atom. The maximum Gasteiger partial charge on any atom is 0.435 e. The van der Waals surface area contributed by atoms with E-state index in [4.69, 9.17) is 5.73 Å². The Morgan fingerprint density at radius 1 is 1.05 bits per heavy atom. The number of benzene rings is 1. The summed E-state index contributed by atoms with van der Waals surface area (Å²) in [5, 5.41) is 9.78. The molecule has 0 spiro atoms. The summed E-state index contributed by atoms with van der Waals surface area (Å²) in [6.45, 7) is 2.10. The molecule has 1 atom stereocenters. The van der Waals surface area contributed by atoms with Gasteiger partial charge in [0.15, 0.2) is 5.69 Å². The number of hydrogen-bond donors (Lipinski definition) is 2. The van der Waals surface area contributed by atoms with Crippen LogP contribution in [0.5, 0.6) is 0 Å². The van der Waals surface area contributed by atoms with Gasteiger partial charge in [-0.05, 0) is 24.6 Å². The van der Waals surface area contributed by atoms with Gasteiger partial charge in [0.25, 0.3) is 0 Å². The molecule has 3 N–H and O–H groups in total. The van der Waals surface area contributed by atoms with E-state index in [2.05, 4.69) is 15.5 Å². The van der Waals surface area contributed by atoms with Gasteiger partial charge in [-0.1, -0.05) is 30.3 Å². The fourth-order valence-electron chi connectivity index (χ4n) is 1.88. The number of hydrogen-bond acceptors (Lipinski definition) is 4. The summed E-state index contributed by atoms with van der Waals surface area (Å²) in [7, 11) is 0. The first-order chi connectivity index (χ1) is 9.85. The van der Waals surface area contributed by atoms with Crippen LogP contribution in [0.15, 0.2) is 42.5 Å². The van der Waals surface area contributed by atoms with Gasteiger partial charge in [-0.15, -0.1) is 10.2 Å². The van der Waals surface area contributed by atoms with Crippen LogP contribution in [0.4, 0.5) is 19.0 Å². The van der Waals surface area contributed by atoms with Gasteiger partial charge >= 0.3 is 6.18 Å². The van der Waals surface area contributed by atoms with Crippen molar-refractivity contribution >= 4 is 5.82 Å². The average molecular weight is 296 g/mol. The maximum absolute atomic E-state index is 12.4. The normalized spacial score (nSPS) is 14.5. The number of nitrogens with zero attached hydrogens (tertiary/aromatic N) is 2. The highest BCUT2D eigenvalue weighted by molar-refractivity contribution is 5.41. The largest absolute Gasteiger partial charge is 0.435 e. The second kappa shape index (κ2) is 5.69. The van der Waals surface area contributed by atoms with Gasteiger partial charge in [-0.2, -0.15) is 13.2 Å². The van der Waals surface area contributed by atoms with Gasteiger partial charge in [0.2, 0.25) is 0 Å². The molecule has 0 saturated heterocycles. The number of alkyl halides is 3. The molecule has 21 heavy (non-hydrogen) atoms. The lowest BCUT2D eigenvalue weighted by atomic mass is 9.92. The minimum atomic E-state index is -4.50. The lowest BCUT2D eigenvalue weighted by molar-refractivity contribution is -0.141. The van der Waals surface area contributed by atoms with Crippen molar-refractivity contribution in [1.82, 2.24) is 10.2 Å². The molecule has 0 fully saturated rings. The van der Waals surface area contributed by atoms with Crippen LogP contribution in [0, 0.1) is 0 Å². The van der Waals surface area contributed by atoms with E-state index in [1.807, 2.05) is 37.3 Å². The summed E-state index contributed by atoms with van der Waals surface area (Å²) in [5.74, 6) is 0.236. The van der Waals surface area contributed by atoms with Gasteiger partial charge < -0.3 is 11.1 Å². The lowest BCUT2D eigenvalue weighted by Crippen LogP contribution is -2.40. The third-order valence-electron chi connectivity index (χ3n) is 3.18. The molecule has 0 saturated carbocycles. The molecule has 0 aliphatic rings. The molecule has 1 aromatic carbocycles. The summed E-state index contributed by atoms with van der Waals surface area (Å²) in [6.07, 6.45) is -4.50. The monoisotopic (exact) mass is 296 g/mol. The first-order valence-electron chi connectivity index (χ1n) is 6.30. The van der Waals surface area contributed by atoms with Crippen LogP contribution in [0.2, 0.25) is 0 Å². The van der Waals surface area contributed by atoms with Crippen molar-refractivity contribution in [3.8, 4) is 0 Å². The summed E-state index contributed by atoms with van der Waals surface area (Å²) >= 11 is 0. The first-order valence-corrected chi connectivity index (χ1v) is 6.30. The second-order valence-electron chi connectivity index (χ2n) is 4.83. The zero-order valence-electron chi connectivity index (χ0n) is 11.4. The molecule has 7 heteroatoms. The number of rotatable bonds is 4. The van der Waals surface area contributed by atoms with E-state index in [0.29, 0.717) is 0 Å². The molecule has 0 radical (unpaired) electrons. The zero-order chi connectivity index (χ0) is 15.5. The predicted octanol–water partition coefficient (Wildman–Crippen LogP) is 2.78. The van der Waals surface area contributed by atoms with E-state index in [-0.39, 0.29) is 12.4 Å². The van der Waals surface area contributed by atoms with E-state index in [9.17, 15) is 13.2 Å². The van der Waals surface area contributed by atoms with Gasteiger partial charge in [0.1, 0.15) is 5.82 Å². The number of aromatic nitrogens is 2. The Hall–Kier alpha value is -2.15. The Kier molecular flexibility index (Phi) is 4.13. The number of nitrogens with one attached hydrogen (secondary N) is 1. The Morgan fingerprint density at radius 2 is 1.71 bits per heavy atom. The summed E-state index contributed by atoms with van der Waals surface area (Å²) in [4.78, 5) is 0. The van der Waals surface area contributed by atoms with Crippen molar-refractivity contribution in [2.24, 2.45) is 5.73 Å². The summed E-state index contributed by atoms with van der Waals surface area (Å²) in [6, 6.07) is 11.5. The molecule has 0 aliphatic heterocycles. The average Bonchev–Trinajstić information content (AvgIpc) is 2.47. The predicted molar refractivity (Wildman–Crippen MR) is 73.5 cm³/mol. The quantitative estimate of drug-likeness (QED) is 0.910. The van der Waals surface area contributed by atoms with Crippen LogP contribution in [0.3, 0.4) is 0 Å². The highest BCUT2D eigenvalue weighted by Crippen LogP contribution is 2.28. The molecule has 2 rings (SSSR count). The Bertz CT molecular complexity index is 583. The highest BCUT2D eigenvalue weighted by Gasteiger charge is 2.33. The van der Waals surface area contributed by atoms with Crippen molar-refractivity contribution in [3.05, 3.63) is 53.7 Å². The van der Waals surface area contributed by atoms with Gasteiger partial charge in [-0.25, -0.2) is 0 Å². The van der Waals surface area contributed by atoms with Crippen molar-refractivity contribution in [2.75, 3.05) is 11.9 Å². The van der Waals surface area contributed by atoms with Gasteiger partial charge in [0.05, 0.1) is 5.54 Å². The smallest absolute Gasteiger partial charge is 0.358 e. The molecular formula is C14H15F3N4. The Balaban J connectivity index is 2.23. The first kappa shape index (κ1) is 15.2. The van der Waals surface area contributed by atoms with E-state index in [1.54, 1.807) is 0 Å². The SMILES string of the molecule is CC(CN)(Nc1ccc(C(F)(F)F)nn1)c1ccccc1. The third-order valence-corrected chi connectivity index (χ3v) is 3.18. The molecule has 112 valence electrons. The summed E-state index contributed by atoms with van der Waals surface area (Å²) < 4.78 is 37.3. The van der Waals surface area contributed by atoms with E-state index >= 15 is 0 Å². The fraction of sp³-hybridized carbons (Fsp3) is 0.286. The van der Waals surface area contributed by atoms with Crippen LogP contribution in [-0.2, 0) is 11.7 Å². The molecule has 2 aromatic rings. The molecule has 1 unspecified atom stereocenters. The lowest BCUT2D eigenvalue weighted by Gasteiger charge is -2.30. The summed E-state index contributed by atoms with van der Waals surface area (Å²) in [5.41, 5.74) is 5.04. The number of halogens is 3. The zero-order valence-corrected chi connectivity index (χ0v) is 11.4. The van der Waals surface area contributed by atoms with Crippen molar-refractivity contribution < 1.29 is 13.2 Å². The molecular weight excluding hydrogens is 281 g/mol. The van der Waals surface area contributed by atoms with Gasteiger partial charge in [0, 0.05) is 6.54 Å². The van der Waals surface area contributed by atoms with E-state index < -0.39 is 17.4 Å². The topological polar surface area (TPSA) is 63.8 Å². The van der Waals surface area contributed by atoms with Crippen molar-refractivity contribution in [2.45, 2.75) is 18.6 Å². The third kappa shape index (κ3) is 3.49. The minimum absolute atomic E-state index is 0.236. The molecule has 0 aliphatic carbocycles. The van der Waals surface area contributed by atoms with E-state index in [1.165, 1.54) is 6.07 Å². The Labute approximate surface area is 120 Å². The van der Waals surface area contributed by atoms with Crippen LogP contribution in [-0.4, -0.2) is 16.7 Å². The molecule has 0 amide bonds. The maximum atomic E-state index is 12.4. The van der Waals surface area contributed by atoms with Gasteiger partial charge in [-0.3, -0.25) is 0 Å². The molecule has 1 heterocycles. The molecule has 1 aromatic heterocycles. The van der Waals surface area contributed by atoms with Crippen LogP contribution >= 0.6 is 0 Å². The van der Waals surface area contributed by atoms with Crippen molar-refractivity contribution in [1.29, 1.82) is 0 Å². The second-order valence-corrected chi connectivity index (χ2v) is 4.83. The van der Waals surface area contributed by atoms with Crippen LogP contribution in [0.1, 0.15) is 18.2 Å². The number of nitrogens with two attached hydrogens (primary N) is 1. The highest BCUT2D eigenvalue weighted by atomic mass is 19.4. The van der Waals surface area contributed by atoms with Crippen LogP contribution < -0.4 is 11.1 Å².